The van der Waals surface area contributed by atoms with E-state index in [-0.39, 0.29) is 24.8 Å². The summed E-state index contributed by atoms with van der Waals surface area (Å²) >= 11 is 0. The molecule has 14 nitrogen and oxygen atoms in total. The van der Waals surface area contributed by atoms with Gasteiger partial charge in [-0.3, -0.25) is 28.8 Å². The van der Waals surface area contributed by atoms with Crippen LogP contribution in [0.2, 0.25) is 0 Å². The van der Waals surface area contributed by atoms with Crippen LogP contribution in [0.3, 0.4) is 0 Å². The van der Waals surface area contributed by atoms with Crippen LogP contribution < -0.4 is 0 Å². The highest BCUT2D eigenvalue weighted by Crippen LogP contribution is 2.73. The van der Waals surface area contributed by atoms with Crippen LogP contribution in [0.5, 0.6) is 0 Å². The number of carbonyl (C=O) groups is 7. The van der Waals surface area contributed by atoms with Crippen molar-refractivity contribution in [2.45, 2.75) is 116 Å². The highest BCUT2D eigenvalue weighted by atomic mass is 16.6. The number of Topliss-reactive ketones (excluding diaryl/α,β-unsaturated/α-hetero) is 1. The third kappa shape index (κ3) is 5.50. The first-order valence-corrected chi connectivity index (χ1v) is 17.7. The molecule has 0 aromatic heterocycles. The molecule has 1 aromatic carbocycles. The number of ether oxygens (including phenoxy) is 7. The number of hydrogen-bond acceptors (Lipinski definition) is 14. The summed E-state index contributed by atoms with van der Waals surface area (Å²) in [6, 6.07) is 8.12. The van der Waals surface area contributed by atoms with Crippen LogP contribution in [0.25, 0.3) is 0 Å². The van der Waals surface area contributed by atoms with Crippen molar-refractivity contribution in [2.24, 2.45) is 35.0 Å². The molecule has 5 aliphatic rings. The minimum atomic E-state index is -1.88. The summed E-state index contributed by atoms with van der Waals surface area (Å²) in [6.07, 6.45) is -5.43. The number of ketones is 1. The summed E-state index contributed by atoms with van der Waals surface area (Å²) in [7, 11) is 0. The van der Waals surface area contributed by atoms with E-state index in [9.17, 15) is 28.8 Å². The van der Waals surface area contributed by atoms with Gasteiger partial charge in [-0.15, -0.1) is 0 Å². The van der Waals surface area contributed by atoms with Gasteiger partial charge in [-0.2, -0.15) is 0 Å². The van der Waals surface area contributed by atoms with Gasteiger partial charge in [-0.1, -0.05) is 32.0 Å². The van der Waals surface area contributed by atoms with E-state index in [1.807, 2.05) is 0 Å². The number of carbonyl (C=O) groups excluding carboxylic acids is 7. The Balaban J connectivity index is 1.66. The molecular weight excluding hydrogens is 680 g/mol. The summed E-state index contributed by atoms with van der Waals surface area (Å²) in [6.45, 7) is 11.1. The predicted molar refractivity (Wildman–Crippen MR) is 176 cm³/mol. The van der Waals surface area contributed by atoms with Gasteiger partial charge in [0.1, 0.15) is 23.4 Å². The van der Waals surface area contributed by atoms with E-state index in [4.69, 9.17) is 33.2 Å². The van der Waals surface area contributed by atoms with E-state index in [0.717, 1.165) is 6.92 Å². The molecule has 282 valence electrons. The standard InChI is InChI=1S/C38H46O14/c1-9-25(43)49-28-18(2)15-38(52-22(6)42)27(28)32(47-19(3)39)37-17-46-36(8,34(38)48-20(4)40)30(37)26-24(16-35(26,7)51-21(5)41)29(31(37)44)50-33(45)23-13-11-10-12-14-23/h10-14,18,24,26-30,32,34H,9,15-17H2,1-8H3/t18-,24+,26-,27+,28-,29+,30-,32+,34-,35-,36+,37-,38+/m0/s1. The van der Waals surface area contributed by atoms with Crippen molar-refractivity contribution >= 4 is 41.6 Å². The van der Waals surface area contributed by atoms with Crippen LogP contribution in [0, 0.1) is 35.0 Å². The first kappa shape index (κ1) is 37.4. The third-order valence-corrected chi connectivity index (χ3v) is 12.1. The molecule has 14 heteroatoms. The molecule has 2 bridgehead atoms. The zero-order chi connectivity index (χ0) is 38.1. The highest BCUT2D eigenvalue weighted by Gasteiger charge is 2.86. The molecule has 0 spiro atoms. The Labute approximate surface area is 301 Å². The van der Waals surface area contributed by atoms with Crippen molar-refractivity contribution in [3.05, 3.63) is 35.9 Å². The van der Waals surface area contributed by atoms with Crippen molar-refractivity contribution in [2.75, 3.05) is 6.61 Å². The quantitative estimate of drug-likeness (QED) is 0.281. The van der Waals surface area contributed by atoms with E-state index in [1.54, 1.807) is 58.0 Å². The Morgan fingerprint density at radius 3 is 2.02 bits per heavy atom. The molecule has 1 aromatic rings. The number of rotatable bonds is 8. The molecular formula is C38H46O14. The van der Waals surface area contributed by atoms with Crippen LogP contribution >= 0.6 is 0 Å². The molecule has 4 aliphatic carbocycles. The first-order chi connectivity index (χ1) is 24.4. The molecule has 52 heavy (non-hydrogen) atoms. The molecule has 0 N–H and O–H groups in total. The lowest BCUT2D eigenvalue weighted by Crippen LogP contribution is -2.75. The Hall–Kier alpha value is -4.33. The first-order valence-electron chi connectivity index (χ1n) is 17.7. The fourth-order valence-electron chi connectivity index (χ4n) is 10.7. The second-order valence-electron chi connectivity index (χ2n) is 15.4. The fourth-order valence-corrected chi connectivity index (χ4v) is 10.7. The molecule has 0 radical (unpaired) electrons. The maximum absolute atomic E-state index is 15.5. The summed E-state index contributed by atoms with van der Waals surface area (Å²) in [5.41, 5.74) is -6.46. The summed E-state index contributed by atoms with van der Waals surface area (Å²) < 4.78 is 43.5. The number of hydrogen-bond donors (Lipinski definition) is 0. The fraction of sp³-hybridized carbons (Fsp3) is 0.658. The van der Waals surface area contributed by atoms with Crippen molar-refractivity contribution in [3.63, 3.8) is 0 Å². The zero-order valence-corrected chi connectivity index (χ0v) is 30.6. The molecule has 1 saturated heterocycles. The van der Waals surface area contributed by atoms with Gasteiger partial charge in [0.05, 0.1) is 23.5 Å². The van der Waals surface area contributed by atoms with Crippen LogP contribution in [0.15, 0.2) is 30.3 Å². The van der Waals surface area contributed by atoms with Gasteiger partial charge in [0.25, 0.3) is 0 Å². The Morgan fingerprint density at radius 1 is 0.808 bits per heavy atom. The average molecular weight is 727 g/mol. The van der Waals surface area contributed by atoms with Gasteiger partial charge in [0.2, 0.25) is 0 Å². The monoisotopic (exact) mass is 726 g/mol. The molecule has 6 rings (SSSR count). The van der Waals surface area contributed by atoms with Crippen molar-refractivity contribution in [1.82, 2.24) is 0 Å². The van der Waals surface area contributed by atoms with Gasteiger partial charge in [-0.25, -0.2) is 4.79 Å². The van der Waals surface area contributed by atoms with Gasteiger partial charge in [-0.05, 0) is 44.7 Å². The molecule has 13 atom stereocenters. The second-order valence-corrected chi connectivity index (χ2v) is 15.4. The number of fused-ring (bicyclic) bond motifs is 2. The maximum atomic E-state index is 15.5. The van der Waals surface area contributed by atoms with Gasteiger partial charge in [0, 0.05) is 51.9 Å². The maximum Gasteiger partial charge on any atom is 0.338 e. The zero-order valence-electron chi connectivity index (χ0n) is 30.6. The Kier molecular flexibility index (Phi) is 9.33. The van der Waals surface area contributed by atoms with Crippen LogP contribution in [0.1, 0.15) is 85.0 Å². The van der Waals surface area contributed by atoms with E-state index in [2.05, 4.69) is 0 Å². The second kappa shape index (κ2) is 13.0. The molecule has 5 fully saturated rings. The van der Waals surface area contributed by atoms with E-state index in [0.29, 0.717) is 0 Å². The summed E-state index contributed by atoms with van der Waals surface area (Å²) in [4.78, 5) is 94.4. The van der Waals surface area contributed by atoms with Gasteiger partial charge >= 0.3 is 35.8 Å². The summed E-state index contributed by atoms with van der Waals surface area (Å²) in [5.74, 6) is -9.31. The number of esters is 6. The third-order valence-electron chi connectivity index (χ3n) is 12.1. The van der Waals surface area contributed by atoms with Gasteiger partial charge in [0.15, 0.2) is 23.6 Å². The smallest absolute Gasteiger partial charge is 0.338 e. The van der Waals surface area contributed by atoms with E-state index >= 15 is 4.79 Å². The van der Waals surface area contributed by atoms with Gasteiger partial charge < -0.3 is 33.2 Å². The van der Waals surface area contributed by atoms with Crippen molar-refractivity contribution < 1.29 is 66.7 Å². The lowest BCUT2D eigenvalue weighted by Gasteiger charge is -2.64. The SMILES string of the molecule is CCC(=O)O[C@@H]1[C@@H]2[C@@H](OC(C)=O)[C@@]34CO[C@@](C)([C@H](OC(C)=O)[C@@]2(OC(C)=O)C[C@@H]1C)[C@@H]3[C@@H]1[C@@H](C[C@]1(C)OC(C)=O)[C@@H](OC(=O)c1ccccc1)C4=O. The topological polar surface area (TPSA) is 184 Å². The van der Waals surface area contributed by atoms with Crippen LogP contribution in [0.4, 0.5) is 0 Å². The lowest BCUT2D eigenvalue weighted by atomic mass is 9.42. The van der Waals surface area contributed by atoms with Crippen molar-refractivity contribution in [3.8, 4) is 0 Å². The normalized spacial score (nSPS) is 41.1. The number of benzene rings is 1. The molecule has 1 heterocycles. The average Bonchev–Trinajstić information content (AvgIpc) is 3.48. The molecule has 1 aliphatic heterocycles. The lowest BCUT2D eigenvalue weighted by molar-refractivity contribution is -0.258. The molecule has 0 unspecified atom stereocenters. The predicted octanol–water partition coefficient (Wildman–Crippen LogP) is 3.30. The van der Waals surface area contributed by atoms with Crippen LogP contribution in [-0.2, 0) is 61.9 Å². The highest BCUT2D eigenvalue weighted by molar-refractivity contribution is 5.97. The minimum Gasteiger partial charge on any atom is -0.461 e. The molecule has 0 amide bonds. The Bertz CT molecular complexity index is 1690. The Morgan fingerprint density at radius 2 is 1.44 bits per heavy atom. The minimum absolute atomic E-state index is 0.0162. The molecule has 4 saturated carbocycles. The largest absolute Gasteiger partial charge is 0.461 e. The summed E-state index contributed by atoms with van der Waals surface area (Å²) in [5, 5.41) is 0. The van der Waals surface area contributed by atoms with E-state index < -0.39 is 124 Å². The van der Waals surface area contributed by atoms with E-state index in [1.165, 1.54) is 20.8 Å². The van der Waals surface area contributed by atoms with Crippen LogP contribution in [-0.4, -0.2) is 89.4 Å². The van der Waals surface area contributed by atoms with Crippen molar-refractivity contribution in [1.29, 1.82) is 0 Å².